The number of carbonyl (C=O) groups is 4. The lowest BCUT2D eigenvalue weighted by atomic mass is 9.99. The van der Waals surface area contributed by atoms with Crippen molar-refractivity contribution in [1.82, 2.24) is 0 Å². The van der Waals surface area contributed by atoms with Gasteiger partial charge >= 0.3 is 39.5 Å². The second kappa shape index (κ2) is 74.9. The molecule has 0 saturated carbocycles. The molecule has 17 nitrogen and oxygen atoms in total. The van der Waals surface area contributed by atoms with Crippen molar-refractivity contribution in [1.29, 1.82) is 0 Å². The number of ether oxygens (including phenoxy) is 4. The van der Waals surface area contributed by atoms with E-state index < -0.39 is 97.5 Å². The van der Waals surface area contributed by atoms with Crippen molar-refractivity contribution in [3.8, 4) is 0 Å². The second-order valence-electron chi connectivity index (χ2n) is 29.8. The maximum atomic E-state index is 13.1. The highest BCUT2D eigenvalue weighted by molar-refractivity contribution is 7.47. The number of aliphatic hydroxyl groups is 1. The number of rotatable bonds is 82. The van der Waals surface area contributed by atoms with Gasteiger partial charge in [-0.15, -0.1) is 0 Å². The quantitative estimate of drug-likeness (QED) is 0.0222. The third-order valence-electron chi connectivity index (χ3n) is 19.6. The molecule has 0 saturated heterocycles. The van der Waals surface area contributed by atoms with Crippen LogP contribution in [0.2, 0.25) is 0 Å². The predicted molar refractivity (Wildman–Crippen MR) is 414 cm³/mol. The van der Waals surface area contributed by atoms with Gasteiger partial charge in [0.05, 0.1) is 26.4 Å². The first-order valence-electron chi connectivity index (χ1n) is 42.7. The Kier molecular flexibility index (Phi) is 73.5. The van der Waals surface area contributed by atoms with E-state index in [1.54, 1.807) is 0 Å². The molecule has 0 radical (unpaired) electrons. The summed E-state index contributed by atoms with van der Waals surface area (Å²) in [5.74, 6) is -1.23. The molecule has 101 heavy (non-hydrogen) atoms. The molecular formula is C82H160O17P2. The van der Waals surface area contributed by atoms with Crippen molar-refractivity contribution < 1.29 is 80.2 Å². The summed E-state index contributed by atoms with van der Waals surface area (Å²) in [6, 6.07) is 0. The zero-order valence-electron chi connectivity index (χ0n) is 66.1. The summed E-state index contributed by atoms with van der Waals surface area (Å²) < 4.78 is 68.7. The Morgan fingerprint density at radius 1 is 0.277 bits per heavy atom. The Bertz CT molecular complexity index is 1930. The van der Waals surface area contributed by atoms with Crippen molar-refractivity contribution >= 4 is 39.5 Å². The number of phosphoric ester groups is 2. The summed E-state index contributed by atoms with van der Waals surface area (Å²) in [4.78, 5) is 73.0. The van der Waals surface area contributed by atoms with Crippen LogP contribution in [0.15, 0.2) is 0 Å². The van der Waals surface area contributed by atoms with Gasteiger partial charge < -0.3 is 33.8 Å². The largest absolute Gasteiger partial charge is 0.472 e. The minimum absolute atomic E-state index is 0.108. The molecule has 0 aliphatic heterocycles. The van der Waals surface area contributed by atoms with Crippen LogP contribution in [0, 0.1) is 5.92 Å². The Morgan fingerprint density at radius 2 is 0.475 bits per heavy atom. The lowest BCUT2D eigenvalue weighted by Gasteiger charge is -2.21. The van der Waals surface area contributed by atoms with Crippen molar-refractivity contribution in [3.63, 3.8) is 0 Å². The van der Waals surface area contributed by atoms with E-state index >= 15 is 0 Å². The van der Waals surface area contributed by atoms with E-state index in [0.29, 0.717) is 25.7 Å². The summed E-state index contributed by atoms with van der Waals surface area (Å²) in [5, 5.41) is 10.6. The maximum absolute atomic E-state index is 13.1. The summed E-state index contributed by atoms with van der Waals surface area (Å²) >= 11 is 0. The topological polar surface area (TPSA) is 237 Å². The zero-order valence-corrected chi connectivity index (χ0v) is 67.8. The number of carbonyl (C=O) groups excluding carboxylic acids is 4. The minimum atomic E-state index is -4.96. The van der Waals surface area contributed by atoms with Crippen LogP contribution in [-0.2, 0) is 65.4 Å². The van der Waals surface area contributed by atoms with E-state index in [0.717, 1.165) is 95.8 Å². The molecule has 0 amide bonds. The van der Waals surface area contributed by atoms with Gasteiger partial charge in [0.25, 0.3) is 0 Å². The normalized spacial score (nSPS) is 14.1. The first-order valence-corrected chi connectivity index (χ1v) is 45.7. The van der Waals surface area contributed by atoms with Crippen LogP contribution in [-0.4, -0.2) is 96.7 Å². The van der Waals surface area contributed by atoms with Gasteiger partial charge in [-0.2, -0.15) is 0 Å². The molecule has 0 aromatic rings. The standard InChI is InChI=1S/C82H160O17P2/c1-6-10-13-16-19-22-25-27-33-38-41-46-51-56-61-66-80(85)93-72-78(99-82(87)68-63-58-53-48-43-39-35-32-30-29-31-34-36-40-44-49-54-59-64-75(5)9-4)74-97-101(90,91)95-70-76(83)69-94-100(88,89)96-73-77(71-92-79(84)65-60-55-50-45-24-21-18-15-12-8-3)98-81(86)67-62-57-52-47-42-37-28-26-23-20-17-14-11-7-2/h75-78,83H,6-74H2,1-5H3,(H,88,89)(H,90,91)/t75?,76-,77+,78+/m0/s1. The predicted octanol–water partition coefficient (Wildman–Crippen LogP) is 24.8. The summed E-state index contributed by atoms with van der Waals surface area (Å²) in [6.07, 6.45) is 66.5. The fourth-order valence-electron chi connectivity index (χ4n) is 12.7. The fraction of sp³-hybridized carbons (Fsp3) is 0.951. The third-order valence-corrected chi connectivity index (χ3v) is 21.5. The van der Waals surface area contributed by atoms with Gasteiger partial charge in [-0.3, -0.25) is 37.3 Å². The van der Waals surface area contributed by atoms with Crippen molar-refractivity contribution in [2.24, 2.45) is 5.92 Å². The third kappa shape index (κ3) is 74.7. The summed E-state index contributed by atoms with van der Waals surface area (Å²) in [6.45, 7) is 7.40. The van der Waals surface area contributed by atoms with Crippen LogP contribution in [0.4, 0.5) is 0 Å². The molecule has 0 rings (SSSR count). The van der Waals surface area contributed by atoms with E-state index in [1.807, 2.05) is 0 Å². The molecule has 0 bridgehead atoms. The van der Waals surface area contributed by atoms with Crippen LogP contribution in [0.3, 0.4) is 0 Å². The molecule has 19 heteroatoms. The van der Waals surface area contributed by atoms with Gasteiger partial charge in [-0.25, -0.2) is 9.13 Å². The monoisotopic (exact) mass is 1480 g/mol. The number of phosphoric acid groups is 2. The first kappa shape index (κ1) is 99.1. The van der Waals surface area contributed by atoms with Gasteiger partial charge in [-0.05, 0) is 31.6 Å². The highest BCUT2D eigenvalue weighted by Gasteiger charge is 2.30. The average molecular weight is 1480 g/mol. The van der Waals surface area contributed by atoms with Gasteiger partial charge in [0.15, 0.2) is 12.2 Å². The molecule has 600 valence electrons. The molecule has 0 aliphatic carbocycles. The average Bonchev–Trinajstić information content (AvgIpc) is 1.05. The Labute approximate surface area is 619 Å². The molecule has 3 unspecified atom stereocenters. The van der Waals surface area contributed by atoms with E-state index in [4.69, 9.17) is 37.0 Å². The molecule has 0 heterocycles. The Morgan fingerprint density at radius 3 is 0.703 bits per heavy atom. The van der Waals surface area contributed by atoms with Crippen molar-refractivity contribution in [3.05, 3.63) is 0 Å². The van der Waals surface area contributed by atoms with Gasteiger partial charge in [-0.1, -0.05) is 388 Å². The summed E-state index contributed by atoms with van der Waals surface area (Å²) in [5.41, 5.74) is 0. The fourth-order valence-corrected chi connectivity index (χ4v) is 14.3. The SMILES string of the molecule is CCCCCCCCCCCCCCCCCC(=O)OC[C@H](COP(=O)(O)OC[C@@H](O)COP(=O)(O)OC[C@@H](COC(=O)CCCCCCCCCCCC)OC(=O)CCCCCCCCCCCCCCCC)OC(=O)CCCCCCCCCCCCCCCCCCCCC(C)CC. The Balaban J connectivity index is 5.21. The van der Waals surface area contributed by atoms with Crippen LogP contribution in [0.1, 0.15) is 439 Å². The maximum Gasteiger partial charge on any atom is 0.472 e. The van der Waals surface area contributed by atoms with E-state index in [1.165, 1.54) is 263 Å². The molecule has 0 spiro atoms. The van der Waals surface area contributed by atoms with Crippen molar-refractivity contribution in [2.45, 2.75) is 457 Å². The van der Waals surface area contributed by atoms with Gasteiger partial charge in [0.1, 0.15) is 19.3 Å². The minimum Gasteiger partial charge on any atom is -0.462 e. The first-order chi connectivity index (χ1) is 49.1. The molecule has 0 aliphatic rings. The molecule has 6 atom stereocenters. The Hall–Kier alpha value is -1.94. The number of unbranched alkanes of at least 4 members (excludes halogenated alkanes) is 53. The molecular weight excluding hydrogens is 1320 g/mol. The van der Waals surface area contributed by atoms with Gasteiger partial charge in [0, 0.05) is 25.7 Å². The highest BCUT2D eigenvalue weighted by atomic mass is 31.2. The smallest absolute Gasteiger partial charge is 0.462 e. The van der Waals surface area contributed by atoms with Crippen molar-refractivity contribution in [2.75, 3.05) is 39.6 Å². The van der Waals surface area contributed by atoms with E-state index in [9.17, 15) is 43.2 Å². The molecule has 0 fully saturated rings. The number of esters is 4. The van der Waals surface area contributed by atoms with E-state index in [2.05, 4.69) is 34.6 Å². The van der Waals surface area contributed by atoms with Crippen LogP contribution in [0.25, 0.3) is 0 Å². The van der Waals surface area contributed by atoms with Crippen LogP contribution in [0.5, 0.6) is 0 Å². The van der Waals surface area contributed by atoms with Crippen LogP contribution < -0.4 is 0 Å². The molecule has 0 aromatic carbocycles. The second-order valence-corrected chi connectivity index (χ2v) is 32.7. The molecule has 3 N–H and O–H groups in total. The lowest BCUT2D eigenvalue weighted by Crippen LogP contribution is -2.30. The zero-order chi connectivity index (χ0) is 74.1. The van der Waals surface area contributed by atoms with E-state index in [-0.39, 0.29) is 25.7 Å². The highest BCUT2D eigenvalue weighted by Crippen LogP contribution is 2.45. The number of hydrogen-bond donors (Lipinski definition) is 3. The van der Waals surface area contributed by atoms with Crippen LogP contribution >= 0.6 is 15.6 Å². The van der Waals surface area contributed by atoms with Gasteiger partial charge in [0.2, 0.25) is 0 Å². The number of hydrogen-bond acceptors (Lipinski definition) is 15. The lowest BCUT2D eigenvalue weighted by molar-refractivity contribution is -0.161. The summed E-state index contributed by atoms with van der Waals surface area (Å²) in [7, 11) is -9.92. The molecule has 0 aromatic heterocycles. The number of aliphatic hydroxyl groups excluding tert-OH is 1.